The van der Waals surface area contributed by atoms with Crippen LogP contribution in [0.25, 0.3) is 44.5 Å². The summed E-state index contributed by atoms with van der Waals surface area (Å²) in [4.78, 5) is 46.4. The summed E-state index contributed by atoms with van der Waals surface area (Å²) < 4.78 is 105. The van der Waals surface area contributed by atoms with E-state index in [1.54, 1.807) is 105 Å². The van der Waals surface area contributed by atoms with Gasteiger partial charge in [0.15, 0.2) is 0 Å². The van der Waals surface area contributed by atoms with E-state index in [4.69, 9.17) is 44.3 Å². The monoisotopic (exact) mass is 1890 g/mol. The lowest BCUT2D eigenvalue weighted by molar-refractivity contribution is -0.120. The van der Waals surface area contributed by atoms with Crippen molar-refractivity contribution in [3.63, 3.8) is 0 Å². The summed E-state index contributed by atoms with van der Waals surface area (Å²) >= 11 is 0. The number of ether oxygens (including phenoxy) is 8. The Morgan fingerprint density at radius 1 is 0.367 bits per heavy atom. The molecule has 0 N–H and O–H groups in total. The van der Waals surface area contributed by atoms with Crippen LogP contribution in [0.5, 0.6) is 46.0 Å². The van der Waals surface area contributed by atoms with Gasteiger partial charge >= 0.3 is 0 Å². The van der Waals surface area contributed by atoms with Crippen molar-refractivity contribution in [1.82, 2.24) is 0 Å². The number of Topliss-reactive ketones (excluding diaryl/α,β-unsaturated/α-hetero) is 4. The molecule has 0 spiro atoms. The molecule has 0 aliphatic carbocycles. The van der Waals surface area contributed by atoms with Gasteiger partial charge in [-0.15, -0.1) is 6.42 Å². The fraction of sp³-hybridized carbons (Fsp3) is 0.350. The molecule has 0 aromatic heterocycles. The Kier molecular flexibility index (Phi) is 39.2. The molecule has 732 valence electrons. The third-order valence-corrected chi connectivity index (χ3v) is 24.6. The van der Waals surface area contributed by atoms with E-state index in [0.29, 0.717) is 96.7 Å². The van der Waals surface area contributed by atoms with E-state index in [2.05, 4.69) is 138 Å². The van der Waals surface area contributed by atoms with E-state index in [0.717, 1.165) is 131 Å². The molecule has 0 aliphatic heterocycles. The second kappa shape index (κ2) is 49.9. The molecular weight excluding hydrogens is 1750 g/mol. The zero-order valence-electron chi connectivity index (χ0n) is 86.0. The number of carbonyl (C=O) groups excluding carboxylic acids is 4. The number of ketones is 4. The first-order chi connectivity index (χ1) is 65.8. The lowest BCUT2D eigenvalue weighted by atomic mass is 9.81. The Balaban J connectivity index is 0.000000207. The molecule has 0 bridgehead atoms. The zero-order chi connectivity index (χ0) is 102. The smallest absolute Gasteiger partial charge is 0.132 e. The van der Waals surface area contributed by atoms with Gasteiger partial charge in [-0.05, 0) is 329 Å². The van der Waals surface area contributed by atoms with E-state index < -0.39 is 0 Å². The Hall–Kier alpha value is -13.3. The number of allylic oxidation sites excluding steroid dienone is 2. The van der Waals surface area contributed by atoms with Crippen molar-refractivity contribution < 1.29 is 74.6 Å². The van der Waals surface area contributed by atoms with Crippen LogP contribution in [0, 0.1) is 55.4 Å². The Morgan fingerprint density at radius 3 is 1.01 bits per heavy atom. The predicted molar refractivity (Wildman–Crippen MR) is 557 cm³/mol. The summed E-state index contributed by atoms with van der Waals surface area (Å²) in [6, 6.07) is 71.2. The highest BCUT2D eigenvalue weighted by Crippen LogP contribution is 2.44. The molecule has 12 rings (SSSR count). The highest BCUT2D eigenvalue weighted by Gasteiger charge is 2.29. The van der Waals surface area contributed by atoms with Gasteiger partial charge in [0, 0.05) is 53.4 Å². The second-order valence-corrected chi connectivity index (χ2v) is 40.1. The number of carbonyl (C=O) groups is 4. The number of benzene rings is 12. The first-order valence-corrected chi connectivity index (χ1v) is 47.6. The van der Waals surface area contributed by atoms with Crippen LogP contribution in [0.4, 0.5) is 17.6 Å². The van der Waals surface area contributed by atoms with Crippen LogP contribution in [-0.2, 0) is 73.7 Å². The largest absolute Gasteiger partial charge is 0.497 e. The first kappa shape index (κ1) is 109. The van der Waals surface area contributed by atoms with Crippen LogP contribution in [0.15, 0.2) is 243 Å². The van der Waals surface area contributed by atoms with Gasteiger partial charge in [0.1, 0.15) is 119 Å². The average Bonchev–Trinajstić information content (AvgIpc) is 0.794. The van der Waals surface area contributed by atoms with E-state index in [9.17, 15) is 36.7 Å². The Bertz CT molecular complexity index is 6280. The molecule has 0 saturated heterocycles. The maximum Gasteiger partial charge on any atom is 0.132 e. The summed E-state index contributed by atoms with van der Waals surface area (Å²) in [7, 11) is 6.32. The highest BCUT2D eigenvalue weighted by atomic mass is 19.1. The predicted octanol–water partition coefficient (Wildman–Crippen LogP) is 31.1. The van der Waals surface area contributed by atoms with Gasteiger partial charge < -0.3 is 42.7 Å². The van der Waals surface area contributed by atoms with Crippen molar-refractivity contribution in [3.05, 3.63) is 344 Å². The van der Waals surface area contributed by atoms with Crippen molar-refractivity contribution >= 4 is 23.1 Å². The molecule has 0 heterocycles. The van der Waals surface area contributed by atoms with Crippen molar-refractivity contribution in [1.29, 1.82) is 0 Å². The minimum Gasteiger partial charge on any atom is -0.497 e. The highest BCUT2D eigenvalue weighted by molar-refractivity contribution is 5.80. The Labute approximate surface area is 823 Å². The molecule has 12 aromatic rings. The minimum absolute atomic E-state index is 0.00789. The number of rotatable bonds is 35. The molecule has 16 heteroatoms. The van der Waals surface area contributed by atoms with Crippen LogP contribution in [0.2, 0.25) is 0 Å². The molecule has 4 atom stereocenters. The van der Waals surface area contributed by atoms with Crippen LogP contribution < -0.4 is 37.9 Å². The number of hydrogen-bond donors (Lipinski definition) is 0. The van der Waals surface area contributed by atoms with Crippen molar-refractivity contribution in [2.75, 3.05) is 28.4 Å². The van der Waals surface area contributed by atoms with Gasteiger partial charge in [0.2, 0.25) is 0 Å². The van der Waals surface area contributed by atoms with E-state index in [1.165, 1.54) is 29.8 Å². The summed E-state index contributed by atoms with van der Waals surface area (Å²) in [5, 5.41) is 0. The lowest BCUT2D eigenvalue weighted by Crippen LogP contribution is -2.13. The van der Waals surface area contributed by atoms with Crippen molar-refractivity contribution in [2.45, 2.75) is 250 Å². The van der Waals surface area contributed by atoms with E-state index in [1.807, 2.05) is 155 Å². The third kappa shape index (κ3) is 31.4. The third-order valence-electron chi connectivity index (χ3n) is 24.6. The summed E-state index contributed by atoms with van der Waals surface area (Å²) in [5.74, 6) is 7.71. The number of methoxy groups -OCH3 is 4. The zero-order valence-corrected chi connectivity index (χ0v) is 86.0. The molecule has 0 radical (unpaired) electrons. The van der Waals surface area contributed by atoms with Gasteiger partial charge in [0.25, 0.3) is 0 Å². The number of terminal acetylenes is 1. The molecule has 12 nitrogen and oxygen atoms in total. The summed E-state index contributed by atoms with van der Waals surface area (Å²) in [5.41, 5.74) is 19.2. The standard InChI is InChI=1S/C32H37FO3.C32H39FO3.C30H31FO3.C29H33FO3/c1-8-9-24(17-22(3)34)27-13-11-26(16-21(27)2)36-20-23-10-14-30(32(4,5)6)28(18-23)29-19-25(35-7)12-15-31(29)33;1-8-9-24(17-22(3)34)25-11-15-31(21(2)16-25)36-20-23-10-13-29(32(4,5)6)27(18-23)28-19-26(35-7)12-14-30(28)33;1-7-22(16-20(2)32)23-9-11-24(12-10-23)34-19-21-8-14-28(30(3,4)5)26(17-21)27-18-25(33-6)13-15-29(27)31;1-19(20(2)31)15-21-7-10-23(11-8-21)33-18-22-9-13-27(29(3,4)5)25(16-22)26-17-24(32-6)12-14-28(26)30/h8-16,18-19,24H,17,20H2,1-7H3;10-16,18-19,24H,8-9,17,20H2,1-7H3;1,8-15,17-18,22H,16,19H2,2-6H3;7-14,16-17,19H,15,18H2,1-6H3/b9-8+;;;/t2*24-;22-;19-/m1111/s1. The normalized spacial score (nSPS) is 12.3. The maximum absolute atomic E-state index is 14.9. The topological polar surface area (TPSA) is 142 Å². The van der Waals surface area contributed by atoms with Crippen molar-refractivity contribution in [2.24, 2.45) is 5.92 Å². The molecule has 0 saturated carbocycles. The number of hydrogen-bond acceptors (Lipinski definition) is 12. The molecule has 0 fully saturated rings. The second-order valence-electron chi connectivity index (χ2n) is 40.1. The van der Waals surface area contributed by atoms with E-state index >= 15 is 0 Å². The average molecular weight is 1890 g/mol. The molecule has 0 aliphatic rings. The minimum atomic E-state index is -0.298. The summed E-state index contributed by atoms with van der Waals surface area (Å²) in [6.07, 6.45) is 13.8. The van der Waals surface area contributed by atoms with Crippen molar-refractivity contribution in [3.8, 4) is 103 Å². The van der Waals surface area contributed by atoms with Crippen LogP contribution in [0.1, 0.15) is 259 Å². The molecule has 0 amide bonds. The van der Waals surface area contributed by atoms with Crippen LogP contribution in [-0.4, -0.2) is 51.6 Å². The van der Waals surface area contributed by atoms with Gasteiger partial charge in [-0.25, -0.2) is 17.6 Å². The SMILES string of the molecule is C#C[C@H](CC(C)=O)c1ccc(OCc2ccc(C(C)(C)C)c(-c3cc(OC)ccc3F)c2)cc1.C/C=C/[C@H](CC(C)=O)c1ccc(OCc2ccc(C(C)(C)C)c(-c3cc(OC)ccc3F)c2)cc1C.CCC[C@H](CC(C)=O)c1ccc(OCc2ccc(C(C)(C)C)c(-c3cc(OC)ccc3F)c2)c(C)c1.COc1ccc(F)c(-c2cc(COc3ccc(C[C@@H](C)C(C)=O)cc3)ccc2C(C)(C)C)c1. The summed E-state index contributed by atoms with van der Waals surface area (Å²) in [6.45, 7) is 43.4. The lowest BCUT2D eigenvalue weighted by Gasteiger charge is -2.24. The van der Waals surface area contributed by atoms with Gasteiger partial charge in [0.05, 0.1) is 34.4 Å². The quantitative estimate of drug-likeness (QED) is 0.0212. The molecule has 0 unspecified atom stereocenters. The van der Waals surface area contributed by atoms with Crippen LogP contribution in [0.3, 0.4) is 0 Å². The molecule has 12 aromatic carbocycles. The fourth-order valence-electron chi connectivity index (χ4n) is 17.0. The first-order valence-electron chi connectivity index (χ1n) is 47.6. The Morgan fingerprint density at radius 2 is 0.698 bits per heavy atom. The van der Waals surface area contributed by atoms with Gasteiger partial charge in [-0.3, -0.25) is 14.4 Å². The van der Waals surface area contributed by atoms with Crippen LogP contribution >= 0.6 is 0 Å². The fourth-order valence-corrected chi connectivity index (χ4v) is 17.0. The number of aryl methyl sites for hydroxylation is 2. The van der Waals surface area contributed by atoms with E-state index in [-0.39, 0.29) is 91.7 Å². The molecular formula is C123H140F4O12. The maximum atomic E-state index is 14.9. The van der Waals surface area contributed by atoms with Gasteiger partial charge in [-0.2, -0.15) is 0 Å². The number of halogens is 4. The van der Waals surface area contributed by atoms with Gasteiger partial charge in [-0.1, -0.05) is 212 Å². The molecule has 139 heavy (non-hydrogen) atoms.